The standard InChI is InChI=1S/C11H14N2O/c1-2-11(10(12)14)9-6-4-3-5-8(9)7-13-11/h3-6,13H,2,7H2,1H3,(H2,12,14). The van der Waals surface area contributed by atoms with Crippen LogP contribution >= 0.6 is 0 Å². The van der Waals surface area contributed by atoms with Gasteiger partial charge in [0.2, 0.25) is 5.91 Å². The van der Waals surface area contributed by atoms with Crippen molar-refractivity contribution >= 4 is 5.91 Å². The number of carbonyl (C=O) groups excluding carboxylic acids is 1. The van der Waals surface area contributed by atoms with Gasteiger partial charge in [0.25, 0.3) is 0 Å². The molecule has 74 valence electrons. The molecule has 1 amide bonds. The van der Waals surface area contributed by atoms with Gasteiger partial charge in [0, 0.05) is 6.54 Å². The first-order valence-corrected chi connectivity index (χ1v) is 4.84. The van der Waals surface area contributed by atoms with Crippen LogP contribution < -0.4 is 11.1 Å². The average Bonchev–Trinajstić information content (AvgIpc) is 2.57. The van der Waals surface area contributed by atoms with E-state index in [-0.39, 0.29) is 5.91 Å². The van der Waals surface area contributed by atoms with E-state index in [2.05, 4.69) is 5.32 Å². The van der Waals surface area contributed by atoms with Crippen molar-refractivity contribution in [2.24, 2.45) is 5.73 Å². The molecule has 1 heterocycles. The van der Waals surface area contributed by atoms with Gasteiger partial charge in [0.15, 0.2) is 0 Å². The molecule has 1 aliphatic rings. The number of hydrogen-bond donors (Lipinski definition) is 2. The smallest absolute Gasteiger partial charge is 0.242 e. The predicted octanol–water partition coefficient (Wildman–Crippen LogP) is 0.880. The lowest BCUT2D eigenvalue weighted by Crippen LogP contribution is -2.48. The lowest BCUT2D eigenvalue weighted by Gasteiger charge is -2.25. The second-order valence-electron chi connectivity index (χ2n) is 3.63. The van der Waals surface area contributed by atoms with Gasteiger partial charge in [-0.15, -0.1) is 0 Å². The molecule has 3 N–H and O–H groups in total. The van der Waals surface area contributed by atoms with Crippen LogP contribution in [0.25, 0.3) is 0 Å². The molecule has 0 fully saturated rings. The van der Waals surface area contributed by atoms with Crippen LogP contribution in [0.2, 0.25) is 0 Å². The van der Waals surface area contributed by atoms with Crippen LogP contribution in [0.15, 0.2) is 24.3 Å². The van der Waals surface area contributed by atoms with Gasteiger partial charge < -0.3 is 5.73 Å². The highest BCUT2D eigenvalue weighted by molar-refractivity contribution is 5.87. The van der Waals surface area contributed by atoms with Crippen molar-refractivity contribution in [2.75, 3.05) is 0 Å². The van der Waals surface area contributed by atoms with Crippen molar-refractivity contribution in [1.82, 2.24) is 5.32 Å². The monoisotopic (exact) mass is 190 g/mol. The summed E-state index contributed by atoms with van der Waals surface area (Å²) in [5.41, 5.74) is 7.03. The number of amides is 1. The predicted molar refractivity (Wildman–Crippen MR) is 54.4 cm³/mol. The Morgan fingerprint density at radius 1 is 1.57 bits per heavy atom. The molecule has 1 aromatic carbocycles. The SMILES string of the molecule is CCC1(C(N)=O)NCc2ccccc21. The first-order valence-electron chi connectivity index (χ1n) is 4.84. The molecule has 1 aromatic rings. The van der Waals surface area contributed by atoms with Gasteiger partial charge in [-0.05, 0) is 17.5 Å². The highest BCUT2D eigenvalue weighted by atomic mass is 16.1. The van der Waals surface area contributed by atoms with E-state index in [9.17, 15) is 4.79 Å². The van der Waals surface area contributed by atoms with E-state index in [1.807, 2.05) is 31.2 Å². The summed E-state index contributed by atoms with van der Waals surface area (Å²) in [5.74, 6) is -0.287. The molecule has 14 heavy (non-hydrogen) atoms. The molecule has 0 saturated heterocycles. The number of hydrogen-bond acceptors (Lipinski definition) is 2. The summed E-state index contributed by atoms with van der Waals surface area (Å²) < 4.78 is 0. The van der Waals surface area contributed by atoms with Gasteiger partial charge in [0.1, 0.15) is 5.54 Å². The summed E-state index contributed by atoms with van der Waals surface area (Å²) in [7, 11) is 0. The molecule has 1 unspecified atom stereocenters. The Morgan fingerprint density at radius 3 is 2.93 bits per heavy atom. The Hall–Kier alpha value is -1.35. The summed E-state index contributed by atoms with van der Waals surface area (Å²) >= 11 is 0. The average molecular weight is 190 g/mol. The van der Waals surface area contributed by atoms with Crippen LogP contribution in [0.4, 0.5) is 0 Å². The van der Waals surface area contributed by atoms with Crippen LogP contribution in [-0.2, 0) is 16.9 Å². The topological polar surface area (TPSA) is 55.1 Å². The van der Waals surface area contributed by atoms with E-state index in [0.717, 1.165) is 12.1 Å². The molecule has 1 aliphatic heterocycles. The van der Waals surface area contributed by atoms with Crippen LogP contribution in [0.1, 0.15) is 24.5 Å². The van der Waals surface area contributed by atoms with Gasteiger partial charge in [0.05, 0.1) is 0 Å². The van der Waals surface area contributed by atoms with E-state index in [1.165, 1.54) is 5.56 Å². The van der Waals surface area contributed by atoms with Crippen molar-refractivity contribution in [1.29, 1.82) is 0 Å². The molecule has 0 aliphatic carbocycles. The Kier molecular flexibility index (Phi) is 2.04. The lowest BCUT2D eigenvalue weighted by molar-refractivity contribution is -0.124. The van der Waals surface area contributed by atoms with Crippen LogP contribution in [-0.4, -0.2) is 5.91 Å². The summed E-state index contributed by atoms with van der Waals surface area (Å²) in [6.07, 6.45) is 0.694. The molecule has 3 heteroatoms. The minimum atomic E-state index is -0.642. The number of nitrogens with two attached hydrogens (primary N) is 1. The highest BCUT2D eigenvalue weighted by Crippen LogP contribution is 2.33. The fraction of sp³-hybridized carbons (Fsp3) is 0.364. The van der Waals surface area contributed by atoms with Crippen molar-refractivity contribution in [3.63, 3.8) is 0 Å². The normalized spacial score (nSPS) is 24.6. The molecule has 1 atom stereocenters. The van der Waals surface area contributed by atoms with Gasteiger partial charge >= 0.3 is 0 Å². The second-order valence-corrected chi connectivity index (χ2v) is 3.63. The summed E-state index contributed by atoms with van der Waals surface area (Å²) in [4.78, 5) is 11.5. The third-order valence-electron chi connectivity index (χ3n) is 3.01. The third-order valence-corrected chi connectivity index (χ3v) is 3.01. The molecule has 2 rings (SSSR count). The first kappa shape index (κ1) is 9.21. The fourth-order valence-electron chi connectivity index (χ4n) is 2.14. The van der Waals surface area contributed by atoms with Gasteiger partial charge in [-0.3, -0.25) is 10.1 Å². The van der Waals surface area contributed by atoms with Crippen LogP contribution in [0, 0.1) is 0 Å². The van der Waals surface area contributed by atoms with Crippen molar-refractivity contribution in [2.45, 2.75) is 25.4 Å². The van der Waals surface area contributed by atoms with Gasteiger partial charge in [-0.2, -0.15) is 0 Å². The Balaban J connectivity index is 2.55. The van der Waals surface area contributed by atoms with E-state index in [1.54, 1.807) is 0 Å². The van der Waals surface area contributed by atoms with E-state index in [0.29, 0.717) is 6.42 Å². The molecule has 0 saturated carbocycles. The number of carbonyl (C=O) groups is 1. The fourth-order valence-corrected chi connectivity index (χ4v) is 2.14. The molecule has 0 aromatic heterocycles. The van der Waals surface area contributed by atoms with Crippen LogP contribution in [0.3, 0.4) is 0 Å². The highest BCUT2D eigenvalue weighted by Gasteiger charge is 2.41. The minimum Gasteiger partial charge on any atom is -0.368 e. The quantitative estimate of drug-likeness (QED) is 0.727. The summed E-state index contributed by atoms with van der Waals surface area (Å²) in [6.45, 7) is 2.70. The molecule has 0 bridgehead atoms. The summed E-state index contributed by atoms with van der Waals surface area (Å²) in [5, 5.41) is 3.21. The van der Waals surface area contributed by atoms with E-state index in [4.69, 9.17) is 5.73 Å². The molecular weight excluding hydrogens is 176 g/mol. The summed E-state index contributed by atoms with van der Waals surface area (Å²) in [6, 6.07) is 7.93. The number of benzene rings is 1. The van der Waals surface area contributed by atoms with Gasteiger partial charge in [-0.1, -0.05) is 31.2 Å². The van der Waals surface area contributed by atoms with E-state index >= 15 is 0 Å². The van der Waals surface area contributed by atoms with Crippen molar-refractivity contribution < 1.29 is 4.79 Å². The largest absolute Gasteiger partial charge is 0.368 e. The maximum Gasteiger partial charge on any atom is 0.242 e. The third kappa shape index (κ3) is 1.06. The Morgan fingerprint density at radius 2 is 2.29 bits per heavy atom. The zero-order valence-corrected chi connectivity index (χ0v) is 8.21. The number of nitrogens with one attached hydrogen (secondary N) is 1. The maximum absolute atomic E-state index is 11.5. The molecular formula is C11H14N2O. The first-order chi connectivity index (χ1) is 6.70. The number of rotatable bonds is 2. The lowest BCUT2D eigenvalue weighted by atomic mass is 9.87. The zero-order valence-electron chi connectivity index (χ0n) is 8.21. The second kappa shape index (κ2) is 3.10. The Bertz CT molecular complexity index is 375. The number of primary amides is 1. The molecule has 3 nitrogen and oxygen atoms in total. The molecule has 0 spiro atoms. The number of fused-ring (bicyclic) bond motifs is 1. The molecule has 0 radical (unpaired) electrons. The maximum atomic E-state index is 11.5. The van der Waals surface area contributed by atoms with Gasteiger partial charge in [-0.25, -0.2) is 0 Å². The zero-order chi connectivity index (χ0) is 10.2. The van der Waals surface area contributed by atoms with Crippen molar-refractivity contribution in [3.8, 4) is 0 Å². The Labute approximate surface area is 83.3 Å². The van der Waals surface area contributed by atoms with Crippen molar-refractivity contribution in [3.05, 3.63) is 35.4 Å². The van der Waals surface area contributed by atoms with E-state index < -0.39 is 5.54 Å². The minimum absolute atomic E-state index is 0.287. The van der Waals surface area contributed by atoms with Crippen LogP contribution in [0.5, 0.6) is 0 Å².